The van der Waals surface area contributed by atoms with E-state index >= 15 is 0 Å². The zero-order valence-corrected chi connectivity index (χ0v) is 11.4. The minimum atomic E-state index is -0.500. The average molecular weight is 318 g/mol. The van der Waals surface area contributed by atoms with E-state index in [1.165, 1.54) is 0 Å². The highest BCUT2D eigenvalue weighted by atomic mass is 79.9. The van der Waals surface area contributed by atoms with Crippen molar-refractivity contribution in [2.24, 2.45) is 0 Å². The minimum Gasteiger partial charge on any atom is -0.393 e. The monoisotopic (exact) mass is 316 g/mol. The van der Waals surface area contributed by atoms with Gasteiger partial charge in [0.25, 0.3) is 0 Å². The SMILES string of the molecule is CC(O)Cc1nc(-c2ccc(Cl)c(Br)c2)no1. The van der Waals surface area contributed by atoms with Crippen molar-refractivity contribution in [3.63, 3.8) is 0 Å². The molecule has 0 saturated heterocycles. The van der Waals surface area contributed by atoms with Gasteiger partial charge in [-0.3, -0.25) is 0 Å². The molecule has 0 amide bonds. The van der Waals surface area contributed by atoms with Crippen LogP contribution >= 0.6 is 27.5 Å². The van der Waals surface area contributed by atoms with Gasteiger partial charge < -0.3 is 9.63 Å². The second-order valence-electron chi connectivity index (χ2n) is 3.69. The number of hydrogen-bond donors (Lipinski definition) is 1. The number of benzene rings is 1. The summed E-state index contributed by atoms with van der Waals surface area (Å²) < 4.78 is 5.81. The molecule has 0 radical (unpaired) electrons. The standard InChI is InChI=1S/C11H10BrClN2O2/c1-6(16)4-10-14-11(15-17-10)7-2-3-9(13)8(12)5-7/h2-3,5-6,16H,4H2,1H3. The number of halogens is 2. The third-order valence-corrected chi connectivity index (χ3v) is 3.33. The lowest BCUT2D eigenvalue weighted by molar-refractivity contribution is 0.181. The van der Waals surface area contributed by atoms with Crippen molar-refractivity contribution in [2.75, 3.05) is 0 Å². The first-order valence-corrected chi connectivity index (χ1v) is 6.19. The van der Waals surface area contributed by atoms with Crippen LogP contribution in [0.15, 0.2) is 27.2 Å². The fraction of sp³-hybridized carbons (Fsp3) is 0.273. The Morgan fingerprint density at radius 3 is 2.94 bits per heavy atom. The molecule has 0 aliphatic heterocycles. The average Bonchev–Trinajstić information content (AvgIpc) is 2.69. The van der Waals surface area contributed by atoms with Crippen LogP contribution in [0.5, 0.6) is 0 Å². The third kappa shape index (κ3) is 3.06. The lowest BCUT2D eigenvalue weighted by Crippen LogP contribution is -2.04. The van der Waals surface area contributed by atoms with E-state index in [1.54, 1.807) is 13.0 Å². The summed E-state index contributed by atoms with van der Waals surface area (Å²) in [6, 6.07) is 5.38. The van der Waals surface area contributed by atoms with Gasteiger partial charge in [-0.2, -0.15) is 4.98 Å². The summed E-state index contributed by atoms with van der Waals surface area (Å²) >= 11 is 9.23. The molecule has 1 unspecified atom stereocenters. The van der Waals surface area contributed by atoms with Crippen molar-refractivity contribution >= 4 is 27.5 Å². The Hall–Kier alpha value is -0.910. The van der Waals surface area contributed by atoms with Crippen LogP contribution in [0.1, 0.15) is 12.8 Å². The van der Waals surface area contributed by atoms with Crippen molar-refractivity contribution in [1.82, 2.24) is 10.1 Å². The van der Waals surface area contributed by atoms with Gasteiger partial charge in [0.15, 0.2) is 0 Å². The molecule has 90 valence electrons. The van der Waals surface area contributed by atoms with E-state index in [2.05, 4.69) is 26.1 Å². The molecule has 1 heterocycles. The number of aliphatic hydroxyl groups is 1. The Bertz CT molecular complexity index is 528. The molecule has 4 nitrogen and oxygen atoms in total. The highest BCUT2D eigenvalue weighted by molar-refractivity contribution is 9.10. The van der Waals surface area contributed by atoms with E-state index in [9.17, 15) is 5.11 Å². The van der Waals surface area contributed by atoms with Crippen LogP contribution in [0.4, 0.5) is 0 Å². The second kappa shape index (κ2) is 5.16. The Morgan fingerprint density at radius 1 is 1.53 bits per heavy atom. The summed E-state index contributed by atoms with van der Waals surface area (Å²) in [4.78, 5) is 4.19. The summed E-state index contributed by atoms with van der Waals surface area (Å²) in [6.45, 7) is 1.67. The molecule has 0 aliphatic rings. The van der Waals surface area contributed by atoms with Crippen molar-refractivity contribution in [3.8, 4) is 11.4 Å². The molecular weight excluding hydrogens is 307 g/mol. The summed E-state index contributed by atoms with van der Waals surface area (Å²) in [5, 5.41) is 13.7. The number of rotatable bonds is 3. The van der Waals surface area contributed by atoms with Crippen molar-refractivity contribution in [3.05, 3.63) is 33.6 Å². The second-order valence-corrected chi connectivity index (χ2v) is 4.96. The Kier molecular flexibility index (Phi) is 3.81. The normalized spacial score (nSPS) is 12.7. The van der Waals surface area contributed by atoms with Crippen LogP contribution in [0.2, 0.25) is 5.02 Å². The molecule has 0 saturated carbocycles. The van der Waals surface area contributed by atoms with Gasteiger partial charge in [0.2, 0.25) is 11.7 Å². The van der Waals surface area contributed by atoms with E-state index in [4.69, 9.17) is 16.1 Å². The molecule has 0 spiro atoms. The Balaban J connectivity index is 2.27. The quantitative estimate of drug-likeness (QED) is 0.945. The molecule has 1 atom stereocenters. The van der Waals surface area contributed by atoms with Crippen molar-refractivity contribution in [1.29, 1.82) is 0 Å². The highest BCUT2D eigenvalue weighted by Gasteiger charge is 2.11. The van der Waals surface area contributed by atoms with Crippen LogP contribution in [0, 0.1) is 0 Å². The summed E-state index contributed by atoms with van der Waals surface area (Å²) in [5.74, 6) is 0.902. The third-order valence-electron chi connectivity index (χ3n) is 2.12. The first kappa shape index (κ1) is 12.5. The van der Waals surface area contributed by atoms with Crippen LogP contribution in [0.25, 0.3) is 11.4 Å². The fourth-order valence-corrected chi connectivity index (χ4v) is 1.84. The minimum absolute atomic E-state index is 0.349. The summed E-state index contributed by atoms with van der Waals surface area (Å²) in [7, 11) is 0. The fourth-order valence-electron chi connectivity index (χ4n) is 1.34. The molecular formula is C11H10BrClN2O2. The number of aromatic nitrogens is 2. The van der Waals surface area contributed by atoms with Crippen LogP contribution < -0.4 is 0 Å². The molecule has 0 fully saturated rings. The predicted molar refractivity (Wildman–Crippen MR) is 67.8 cm³/mol. The molecule has 1 aromatic heterocycles. The Morgan fingerprint density at radius 2 is 2.29 bits per heavy atom. The highest BCUT2D eigenvalue weighted by Crippen LogP contribution is 2.27. The number of aliphatic hydroxyl groups excluding tert-OH is 1. The molecule has 0 bridgehead atoms. The molecule has 17 heavy (non-hydrogen) atoms. The van der Waals surface area contributed by atoms with Gasteiger partial charge in [0.1, 0.15) is 0 Å². The molecule has 0 aliphatic carbocycles. The van der Waals surface area contributed by atoms with Gasteiger partial charge in [0.05, 0.1) is 17.5 Å². The maximum atomic E-state index is 9.21. The molecule has 1 aromatic carbocycles. The van der Waals surface area contributed by atoms with Crippen LogP contribution in [-0.4, -0.2) is 21.4 Å². The van der Waals surface area contributed by atoms with Gasteiger partial charge in [-0.15, -0.1) is 0 Å². The molecule has 2 aromatic rings. The topological polar surface area (TPSA) is 59.2 Å². The smallest absolute Gasteiger partial charge is 0.229 e. The van der Waals surface area contributed by atoms with Crippen LogP contribution in [0.3, 0.4) is 0 Å². The first-order chi connectivity index (χ1) is 8.06. The van der Waals surface area contributed by atoms with Gasteiger partial charge in [0, 0.05) is 10.0 Å². The summed E-state index contributed by atoms with van der Waals surface area (Å²) in [5.41, 5.74) is 0.807. The number of hydrogen-bond acceptors (Lipinski definition) is 4. The molecule has 6 heteroatoms. The van der Waals surface area contributed by atoms with Crippen molar-refractivity contribution in [2.45, 2.75) is 19.4 Å². The Labute approximate surface area is 112 Å². The van der Waals surface area contributed by atoms with Crippen molar-refractivity contribution < 1.29 is 9.63 Å². The maximum Gasteiger partial charge on any atom is 0.229 e. The lowest BCUT2D eigenvalue weighted by Gasteiger charge is -1.98. The van der Waals surface area contributed by atoms with E-state index < -0.39 is 6.10 Å². The maximum absolute atomic E-state index is 9.21. The van der Waals surface area contributed by atoms with E-state index in [0.29, 0.717) is 23.2 Å². The lowest BCUT2D eigenvalue weighted by atomic mass is 10.2. The van der Waals surface area contributed by atoms with Gasteiger partial charge in [-0.1, -0.05) is 16.8 Å². The molecule has 1 N–H and O–H groups in total. The zero-order chi connectivity index (χ0) is 12.4. The van der Waals surface area contributed by atoms with E-state index in [-0.39, 0.29) is 0 Å². The molecule has 2 rings (SSSR count). The van der Waals surface area contributed by atoms with Gasteiger partial charge in [-0.05, 0) is 41.1 Å². The van der Waals surface area contributed by atoms with Gasteiger partial charge >= 0.3 is 0 Å². The first-order valence-electron chi connectivity index (χ1n) is 5.02. The van der Waals surface area contributed by atoms with E-state index in [1.807, 2.05) is 12.1 Å². The van der Waals surface area contributed by atoms with E-state index in [0.717, 1.165) is 10.0 Å². The predicted octanol–water partition coefficient (Wildman–Crippen LogP) is 3.08. The van der Waals surface area contributed by atoms with Crippen LogP contribution in [-0.2, 0) is 6.42 Å². The largest absolute Gasteiger partial charge is 0.393 e. The summed E-state index contributed by atoms with van der Waals surface area (Å²) in [6.07, 6.45) is -0.151. The van der Waals surface area contributed by atoms with Gasteiger partial charge in [-0.25, -0.2) is 0 Å². The zero-order valence-electron chi connectivity index (χ0n) is 9.02. The number of nitrogens with zero attached hydrogens (tertiary/aromatic N) is 2.